The molecule has 0 aliphatic carbocycles. The van der Waals surface area contributed by atoms with E-state index < -0.39 is 23.6 Å². The van der Waals surface area contributed by atoms with Crippen molar-refractivity contribution in [3.8, 4) is 0 Å². The van der Waals surface area contributed by atoms with Crippen LogP contribution in [0.4, 0.5) is 14.5 Å². The van der Waals surface area contributed by atoms with E-state index in [0.29, 0.717) is 37.2 Å². The Kier molecular flexibility index (Phi) is 7.96. The van der Waals surface area contributed by atoms with Gasteiger partial charge in [0, 0.05) is 24.3 Å². The lowest BCUT2D eigenvalue weighted by Gasteiger charge is -2.32. The molecule has 1 saturated heterocycles. The van der Waals surface area contributed by atoms with Crippen LogP contribution in [0.5, 0.6) is 0 Å². The van der Waals surface area contributed by atoms with Gasteiger partial charge in [0.05, 0.1) is 5.56 Å². The molecule has 37 heavy (non-hydrogen) atoms. The first kappa shape index (κ1) is 26.0. The maximum Gasteiger partial charge on any atom is 0.256 e. The molecule has 0 spiro atoms. The monoisotopic (exact) mass is 505 g/mol. The minimum absolute atomic E-state index is 0.166. The van der Waals surface area contributed by atoms with Gasteiger partial charge in [-0.3, -0.25) is 14.4 Å². The fourth-order valence-electron chi connectivity index (χ4n) is 4.42. The third-order valence-corrected chi connectivity index (χ3v) is 6.71. The van der Waals surface area contributed by atoms with Crippen molar-refractivity contribution >= 4 is 23.4 Å². The van der Waals surface area contributed by atoms with Crippen molar-refractivity contribution in [3.63, 3.8) is 0 Å². The molecule has 192 valence electrons. The predicted molar refractivity (Wildman–Crippen MR) is 137 cm³/mol. The van der Waals surface area contributed by atoms with Crippen LogP contribution in [-0.4, -0.2) is 41.8 Å². The topological polar surface area (TPSA) is 78.5 Å². The zero-order valence-corrected chi connectivity index (χ0v) is 20.8. The summed E-state index contributed by atoms with van der Waals surface area (Å²) in [4.78, 5) is 39.1. The van der Waals surface area contributed by atoms with Crippen molar-refractivity contribution < 1.29 is 23.2 Å². The molecular weight excluding hydrogens is 476 g/mol. The lowest BCUT2D eigenvalue weighted by Crippen LogP contribution is -2.41. The predicted octanol–water partition coefficient (Wildman–Crippen LogP) is 5.05. The quantitative estimate of drug-likeness (QED) is 0.492. The fourth-order valence-corrected chi connectivity index (χ4v) is 4.42. The number of benzene rings is 3. The van der Waals surface area contributed by atoms with Gasteiger partial charge in [0.1, 0.15) is 6.04 Å². The third kappa shape index (κ3) is 6.02. The van der Waals surface area contributed by atoms with E-state index in [-0.39, 0.29) is 28.9 Å². The van der Waals surface area contributed by atoms with Crippen LogP contribution in [0.3, 0.4) is 0 Å². The molecule has 3 aromatic rings. The molecule has 1 aliphatic rings. The van der Waals surface area contributed by atoms with Crippen LogP contribution in [0.15, 0.2) is 66.7 Å². The Hall–Kier alpha value is -4.07. The first-order chi connectivity index (χ1) is 17.7. The molecule has 0 saturated carbocycles. The molecule has 6 nitrogen and oxygen atoms in total. The number of anilines is 1. The minimum Gasteiger partial charge on any atom is -0.341 e. The van der Waals surface area contributed by atoms with Crippen LogP contribution in [0.1, 0.15) is 57.5 Å². The molecule has 8 heteroatoms. The third-order valence-electron chi connectivity index (χ3n) is 6.71. The number of carbonyl (C=O) groups excluding carboxylic acids is 3. The lowest BCUT2D eigenvalue weighted by molar-refractivity contribution is -0.117. The normalized spacial score (nSPS) is 14.6. The van der Waals surface area contributed by atoms with Crippen LogP contribution < -0.4 is 10.6 Å². The summed E-state index contributed by atoms with van der Waals surface area (Å²) >= 11 is 0. The molecule has 1 unspecified atom stereocenters. The number of hydrogen-bond donors (Lipinski definition) is 2. The van der Waals surface area contributed by atoms with Crippen molar-refractivity contribution in [1.29, 1.82) is 0 Å². The molecule has 4 rings (SSSR count). The first-order valence-corrected chi connectivity index (χ1v) is 12.2. The molecule has 1 heterocycles. The number of amides is 3. The van der Waals surface area contributed by atoms with Gasteiger partial charge in [-0.1, -0.05) is 36.4 Å². The average molecular weight is 506 g/mol. The Balaban J connectivity index is 1.29. The van der Waals surface area contributed by atoms with Crippen molar-refractivity contribution in [3.05, 3.63) is 101 Å². The lowest BCUT2D eigenvalue weighted by atomic mass is 9.89. The minimum atomic E-state index is -1.10. The average Bonchev–Trinajstić information content (AvgIpc) is 2.92. The van der Waals surface area contributed by atoms with E-state index in [2.05, 4.69) is 10.6 Å². The van der Waals surface area contributed by atoms with Crippen LogP contribution in [-0.2, 0) is 4.79 Å². The van der Waals surface area contributed by atoms with Crippen molar-refractivity contribution in [2.75, 3.05) is 18.4 Å². The van der Waals surface area contributed by atoms with Gasteiger partial charge in [-0.2, -0.15) is 0 Å². The Labute approximate surface area is 214 Å². The Bertz CT molecular complexity index is 1290. The Morgan fingerprint density at radius 3 is 2.19 bits per heavy atom. The number of piperidine rings is 1. The van der Waals surface area contributed by atoms with E-state index in [1.54, 1.807) is 48.2 Å². The van der Waals surface area contributed by atoms with Crippen LogP contribution in [0.25, 0.3) is 0 Å². The van der Waals surface area contributed by atoms with Gasteiger partial charge < -0.3 is 15.5 Å². The van der Waals surface area contributed by atoms with E-state index in [4.69, 9.17) is 0 Å². The molecule has 3 amide bonds. The molecule has 3 aromatic carbocycles. The first-order valence-electron chi connectivity index (χ1n) is 12.2. The fraction of sp³-hybridized carbons (Fsp3) is 0.276. The number of nitrogens with zero attached hydrogens (tertiary/aromatic N) is 1. The van der Waals surface area contributed by atoms with Gasteiger partial charge in [-0.25, -0.2) is 8.78 Å². The highest BCUT2D eigenvalue weighted by Gasteiger charge is 2.27. The molecule has 1 aliphatic heterocycles. The summed E-state index contributed by atoms with van der Waals surface area (Å²) in [6.45, 7) is 3.96. The maximum atomic E-state index is 14.3. The summed E-state index contributed by atoms with van der Waals surface area (Å²) < 4.78 is 28.1. The number of aryl methyl sites for hydroxylation is 1. The SMILES string of the molecule is Cc1ccc(C(=O)N2CCC(c3ccc(NC(=O)C(C)NC(=O)c4ccccc4)cc3)CC2)c(F)c1F. The maximum absolute atomic E-state index is 14.3. The number of rotatable bonds is 6. The summed E-state index contributed by atoms with van der Waals surface area (Å²) in [6, 6.07) is 18.2. The van der Waals surface area contributed by atoms with Crippen LogP contribution in [0, 0.1) is 18.6 Å². The highest BCUT2D eigenvalue weighted by Crippen LogP contribution is 2.30. The van der Waals surface area contributed by atoms with E-state index >= 15 is 0 Å². The number of likely N-dealkylation sites (tertiary alicyclic amines) is 1. The van der Waals surface area contributed by atoms with Crippen molar-refractivity contribution in [1.82, 2.24) is 10.2 Å². The second-order valence-electron chi connectivity index (χ2n) is 9.30. The highest BCUT2D eigenvalue weighted by molar-refractivity contribution is 6.01. The van der Waals surface area contributed by atoms with Crippen LogP contribution in [0.2, 0.25) is 0 Å². The van der Waals surface area contributed by atoms with E-state index in [1.165, 1.54) is 19.1 Å². The van der Waals surface area contributed by atoms with Gasteiger partial charge in [0.25, 0.3) is 11.8 Å². The molecule has 0 aromatic heterocycles. The number of nitrogens with one attached hydrogen (secondary N) is 2. The summed E-state index contributed by atoms with van der Waals surface area (Å²) in [5.41, 5.74) is 2.09. The van der Waals surface area contributed by atoms with Crippen LogP contribution >= 0.6 is 0 Å². The van der Waals surface area contributed by atoms with Crippen molar-refractivity contribution in [2.45, 2.75) is 38.6 Å². The van der Waals surface area contributed by atoms with E-state index in [1.807, 2.05) is 18.2 Å². The van der Waals surface area contributed by atoms with E-state index in [9.17, 15) is 23.2 Å². The summed E-state index contributed by atoms with van der Waals surface area (Å²) in [5, 5.41) is 5.50. The highest BCUT2D eigenvalue weighted by atomic mass is 19.2. The van der Waals surface area contributed by atoms with E-state index in [0.717, 1.165) is 5.56 Å². The zero-order chi connectivity index (χ0) is 26.5. The second-order valence-corrected chi connectivity index (χ2v) is 9.30. The number of hydrogen-bond acceptors (Lipinski definition) is 3. The number of halogens is 2. The molecule has 0 bridgehead atoms. The van der Waals surface area contributed by atoms with Gasteiger partial charge in [-0.15, -0.1) is 0 Å². The summed E-state index contributed by atoms with van der Waals surface area (Å²) in [5.74, 6) is -3.03. The van der Waals surface area contributed by atoms with Crippen molar-refractivity contribution in [2.24, 2.45) is 0 Å². The Morgan fingerprint density at radius 2 is 1.54 bits per heavy atom. The van der Waals surface area contributed by atoms with Gasteiger partial charge in [0.15, 0.2) is 11.6 Å². The van der Waals surface area contributed by atoms with Gasteiger partial charge >= 0.3 is 0 Å². The molecule has 1 fully saturated rings. The largest absolute Gasteiger partial charge is 0.341 e. The smallest absolute Gasteiger partial charge is 0.256 e. The summed E-state index contributed by atoms with van der Waals surface area (Å²) in [6.07, 6.45) is 1.38. The molecule has 0 radical (unpaired) electrons. The molecule has 2 N–H and O–H groups in total. The molecular formula is C29H29F2N3O3. The van der Waals surface area contributed by atoms with Gasteiger partial charge in [0.2, 0.25) is 5.91 Å². The summed E-state index contributed by atoms with van der Waals surface area (Å²) in [7, 11) is 0. The Morgan fingerprint density at radius 1 is 0.892 bits per heavy atom. The molecule has 1 atom stereocenters. The number of carbonyl (C=O) groups is 3. The van der Waals surface area contributed by atoms with Gasteiger partial charge in [-0.05, 0) is 74.1 Å². The standard InChI is InChI=1S/C29H29F2N3O3/c1-18-8-13-24(26(31)25(18)30)29(37)34-16-14-21(15-17-34)20-9-11-23(12-10-20)33-27(35)19(2)32-28(36)22-6-4-3-5-7-22/h3-13,19,21H,14-17H2,1-2H3,(H,32,36)(H,33,35). The second kappa shape index (κ2) is 11.3. The zero-order valence-electron chi connectivity index (χ0n) is 20.8.